The molecule has 1 saturated heterocycles. The third-order valence-corrected chi connectivity index (χ3v) is 3.20. The molecule has 0 aromatic rings. The molecule has 0 aromatic heterocycles. The Kier molecular flexibility index (Phi) is 6.60. The van der Waals surface area contributed by atoms with E-state index in [-0.39, 0.29) is 5.97 Å². The van der Waals surface area contributed by atoms with Crippen molar-refractivity contribution in [3.05, 3.63) is 0 Å². The van der Waals surface area contributed by atoms with Gasteiger partial charge in [-0.1, -0.05) is 0 Å². The molecule has 5 nitrogen and oxygen atoms in total. The van der Waals surface area contributed by atoms with Gasteiger partial charge < -0.3 is 19.9 Å². The molecule has 0 aromatic carbocycles. The number of esters is 1. The first kappa shape index (κ1) is 15.4. The van der Waals surface area contributed by atoms with Gasteiger partial charge in [0, 0.05) is 26.4 Å². The largest absolute Gasteiger partial charge is 0.465 e. The van der Waals surface area contributed by atoms with Crippen LogP contribution in [0.1, 0.15) is 33.1 Å². The van der Waals surface area contributed by atoms with Crippen molar-refractivity contribution in [2.45, 2.75) is 38.6 Å². The Morgan fingerprint density at radius 2 is 2.11 bits per heavy atom. The van der Waals surface area contributed by atoms with Crippen LogP contribution < -0.4 is 5.73 Å². The zero-order chi connectivity index (χ0) is 13.4. The van der Waals surface area contributed by atoms with Gasteiger partial charge in [0.25, 0.3) is 0 Å². The first-order valence-corrected chi connectivity index (χ1v) is 6.68. The topological polar surface area (TPSA) is 70.8 Å². The molecule has 0 spiro atoms. The maximum absolute atomic E-state index is 11.5. The molecule has 1 rings (SSSR count). The molecule has 1 heterocycles. The van der Waals surface area contributed by atoms with Gasteiger partial charge in [-0.3, -0.25) is 4.79 Å². The van der Waals surface area contributed by atoms with E-state index >= 15 is 0 Å². The number of hydrogen-bond acceptors (Lipinski definition) is 5. The third-order valence-electron chi connectivity index (χ3n) is 3.20. The lowest BCUT2D eigenvalue weighted by Crippen LogP contribution is -2.47. The van der Waals surface area contributed by atoms with Crippen LogP contribution in [-0.4, -0.2) is 44.5 Å². The highest BCUT2D eigenvalue weighted by Crippen LogP contribution is 2.15. The lowest BCUT2D eigenvalue weighted by atomic mass is 10.00. The van der Waals surface area contributed by atoms with Crippen LogP contribution in [0.4, 0.5) is 0 Å². The van der Waals surface area contributed by atoms with Gasteiger partial charge in [-0.15, -0.1) is 0 Å². The second-order valence-electron chi connectivity index (χ2n) is 5.02. The van der Waals surface area contributed by atoms with Gasteiger partial charge in [0.1, 0.15) is 5.54 Å². The molecular formula is C13H25NO4. The Bertz CT molecular complexity index is 249. The fraction of sp³-hybridized carbons (Fsp3) is 0.923. The van der Waals surface area contributed by atoms with Gasteiger partial charge in [0.2, 0.25) is 0 Å². The maximum Gasteiger partial charge on any atom is 0.325 e. The fourth-order valence-corrected chi connectivity index (χ4v) is 1.85. The van der Waals surface area contributed by atoms with E-state index in [2.05, 4.69) is 0 Å². The summed E-state index contributed by atoms with van der Waals surface area (Å²) in [6.45, 7) is 6.68. The van der Waals surface area contributed by atoms with Gasteiger partial charge in [0.05, 0.1) is 6.61 Å². The van der Waals surface area contributed by atoms with Crippen LogP contribution in [0, 0.1) is 5.92 Å². The lowest BCUT2D eigenvalue weighted by Gasteiger charge is -2.24. The van der Waals surface area contributed by atoms with Gasteiger partial charge in [-0.25, -0.2) is 0 Å². The molecule has 18 heavy (non-hydrogen) atoms. The molecule has 1 aliphatic heterocycles. The van der Waals surface area contributed by atoms with Crippen molar-refractivity contribution in [1.29, 1.82) is 0 Å². The molecule has 0 aliphatic carbocycles. The van der Waals surface area contributed by atoms with E-state index in [1.165, 1.54) is 0 Å². The molecular weight excluding hydrogens is 234 g/mol. The number of carbonyl (C=O) groups excluding carboxylic acids is 1. The Labute approximate surface area is 109 Å². The summed E-state index contributed by atoms with van der Waals surface area (Å²) in [6.07, 6.45) is 2.59. The van der Waals surface area contributed by atoms with Gasteiger partial charge in [0.15, 0.2) is 0 Å². The summed E-state index contributed by atoms with van der Waals surface area (Å²) in [5.74, 6) is 0.213. The van der Waals surface area contributed by atoms with E-state index in [4.69, 9.17) is 19.9 Å². The van der Waals surface area contributed by atoms with Gasteiger partial charge in [-0.05, 0) is 39.0 Å². The molecule has 1 atom stereocenters. The van der Waals surface area contributed by atoms with Crippen LogP contribution in [0.15, 0.2) is 0 Å². The minimum absolute atomic E-state index is 0.356. The van der Waals surface area contributed by atoms with Crippen molar-refractivity contribution < 1.29 is 19.0 Å². The van der Waals surface area contributed by atoms with Crippen LogP contribution >= 0.6 is 0 Å². The first-order chi connectivity index (χ1) is 8.56. The highest BCUT2D eigenvalue weighted by molar-refractivity contribution is 5.79. The smallest absolute Gasteiger partial charge is 0.325 e. The third kappa shape index (κ3) is 5.33. The average molecular weight is 259 g/mol. The van der Waals surface area contributed by atoms with Crippen molar-refractivity contribution in [2.24, 2.45) is 11.7 Å². The van der Waals surface area contributed by atoms with Crippen LogP contribution in [0.5, 0.6) is 0 Å². The molecule has 1 fully saturated rings. The number of rotatable bonds is 7. The fourth-order valence-electron chi connectivity index (χ4n) is 1.85. The van der Waals surface area contributed by atoms with Crippen molar-refractivity contribution >= 4 is 5.97 Å². The minimum Gasteiger partial charge on any atom is -0.465 e. The highest BCUT2D eigenvalue weighted by atomic mass is 16.5. The summed E-state index contributed by atoms with van der Waals surface area (Å²) >= 11 is 0. The zero-order valence-corrected chi connectivity index (χ0v) is 11.4. The molecule has 0 saturated carbocycles. The predicted octanol–water partition coefficient (Wildman–Crippen LogP) is 1.10. The highest BCUT2D eigenvalue weighted by Gasteiger charge is 2.29. The van der Waals surface area contributed by atoms with E-state index in [1.807, 2.05) is 0 Å². The first-order valence-electron chi connectivity index (χ1n) is 6.68. The van der Waals surface area contributed by atoms with Crippen LogP contribution in [0.3, 0.4) is 0 Å². The Balaban J connectivity index is 2.13. The normalized spacial score (nSPS) is 20.4. The second-order valence-corrected chi connectivity index (χ2v) is 5.02. The van der Waals surface area contributed by atoms with E-state index < -0.39 is 5.54 Å². The van der Waals surface area contributed by atoms with Gasteiger partial charge in [-0.2, -0.15) is 0 Å². The molecule has 1 aliphatic rings. The second kappa shape index (κ2) is 7.71. The van der Waals surface area contributed by atoms with Crippen molar-refractivity contribution in [3.8, 4) is 0 Å². The number of nitrogens with two attached hydrogens (primary N) is 1. The SMILES string of the molecule is CCOC(=O)C(C)(N)CCOCC1CCOCC1. The molecule has 0 bridgehead atoms. The summed E-state index contributed by atoms with van der Waals surface area (Å²) in [5, 5.41) is 0. The molecule has 1 unspecified atom stereocenters. The Morgan fingerprint density at radius 1 is 1.44 bits per heavy atom. The quantitative estimate of drug-likeness (QED) is 0.547. The molecule has 0 amide bonds. The van der Waals surface area contributed by atoms with Crippen molar-refractivity contribution in [3.63, 3.8) is 0 Å². The van der Waals surface area contributed by atoms with Crippen molar-refractivity contribution in [1.82, 2.24) is 0 Å². The van der Waals surface area contributed by atoms with Crippen LogP contribution in [-0.2, 0) is 19.0 Å². The maximum atomic E-state index is 11.5. The summed E-state index contributed by atoms with van der Waals surface area (Å²) in [4.78, 5) is 11.5. The average Bonchev–Trinajstić information content (AvgIpc) is 2.36. The van der Waals surface area contributed by atoms with Gasteiger partial charge >= 0.3 is 5.97 Å². The Hall–Kier alpha value is -0.650. The van der Waals surface area contributed by atoms with Crippen LogP contribution in [0.25, 0.3) is 0 Å². The van der Waals surface area contributed by atoms with E-state index in [0.717, 1.165) is 32.7 Å². The molecule has 0 radical (unpaired) electrons. The minimum atomic E-state index is -0.953. The van der Waals surface area contributed by atoms with E-state index in [9.17, 15) is 4.79 Å². The monoisotopic (exact) mass is 259 g/mol. The van der Waals surface area contributed by atoms with E-state index in [0.29, 0.717) is 25.6 Å². The molecule has 106 valence electrons. The summed E-state index contributed by atoms with van der Waals surface area (Å²) in [5.41, 5.74) is 4.94. The zero-order valence-electron chi connectivity index (χ0n) is 11.4. The lowest BCUT2D eigenvalue weighted by molar-refractivity contribution is -0.149. The number of carbonyl (C=O) groups is 1. The Morgan fingerprint density at radius 3 is 2.72 bits per heavy atom. The molecule has 5 heteroatoms. The van der Waals surface area contributed by atoms with Crippen molar-refractivity contribution in [2.75, 3.05) is 33.0 Å². The predicted molar refractivity (Wildman–Crippen MR) is 68.2 cm³/mol. The number of ether oxygens (including phenoxy) is 3. The summed E-state index contributed by atoms with van der Waals surface area (Å²) < 4.78 is 15.8. The van der Waals surface area contributed by atoms with E-state index in [1.54, 1.807) is 13.8 Å². The molecule has 2 N–H and O–H groups in total. The summed E-state index contributed by atoms with van der Waals surface area (Å²) in [7, 11) is 0. The van der Waals surface area contributed by atoms with Crippen LogP contribution in [0.2, 0.25) is 0 Å². The number of hydrogen-bond donors (Lipinski definition) is 1. The standard InChI is InChI=1S/C13H25NO4/c1-3-18-12(15)13(2,14)6-9-17-10-11-4-7-16-8-5-11/h11H,3-10,14H2,1-2H3. The summed E-state index contributed by atoms with van der Waals surface area (Å²) in [6, 6.07) is 0.